The Morgan fingerprint density at radius 3 is 2.76 bits per heavy atom. The van der Waals surface area contributed by atoms with Crippen molar-refractivity contribution in [2.75, 3.05) is 23.7 Å². The van der Waals surface area contributed by atoms with Crippen molar-refractivity contribution in [3.05, 3.63) is 23.8 Å². The predicted molar refractivity (Wildman–Crippen MR) is 89.1 cm³/mol. The van der Waals surface area contributed by atoms with E-state index in [2.05, 4.69) is 22.9 Å². The van der Waals surface area contributed by atoms with E-state index in [0.29, 0.717) is 13.0 Å². The van der Waals surface area contributed by atoms with E-state index >= 15 is 0 Å². The molecule has 3 rings (SSSR count). The minimum absolute atomic E-state index is 0.203. The van der Waals surface area contributed by atoms with Crippen molar-refractivity contribution in [1.82, 2.24) is 4.98 Å². The lowest BCUT2D eigenvalue weighted by molar-refractivity contribution is 0.538. The number of rotatable bonds is 1. The van der Waals surface area contributed by atoms with Gasteiger partial charge in [-0.2, -0.15) is 0 Å². The van der Waals surface area contributed by atoms with Crippen LogP contribution in [0.4, 0.5) is 5.13 Å². The molecule has 4 nitrogen and oxygen atoms in total. The van der Waals surface area contributed by atoms with Gasteiger partial charge in [0.2, 0.25) is 0 Å². The molecule has 0 N–H and O–H groups in total. The van der Waals surface area contributed by atoms with E-state index in [4.69, 9.17) is 0 Å². The van der Waals surface area contributed by atoms with Crippen LogP contribution in [0.15, 0.2) is 18.2 Å². The van der Waals surface area contributed by atoms with E-state index < -0.39 is 14.6 Å². The second kappa shape index (κ2) is 4.95. The minimum atomic E-state index is -3.04. The van der Waals surface area contributed by atoms with Crippen molar-refractivity contribution in [1.29, 1.82) is 0 Å². The summed E-state index contributed by atoms with van der Waals surface area (Å²) in [7, 11) is -3.04. The summed E-state index contributed by atoms with van der Waals surface area (Å²) in [5.74, 6) is 0.203. The molecule has 1 aliphatic rings. The molecule has 1 saturated heterocycles. The van der Waals surface area contributed by atoms with Gasteiger partial charge in [0.05, 0.1) is 20.7 Å². The molecule has 0 spiro atoms. The van der Waals surface area contributed by atoms with Gasteiger partial charge in [-0.1, -0.05) is 23.5 Å². The molecule has 1 aliphatic heterocycles. The first-order valence-corrected chi connectivity index (χ1v) is 9.60. The molecule has 21 heavy (non-hydrogen) atoms. The van der Waals surface area contributed by atoms with Crippen LogP contribution in [0, 0.1) is 6.92 Å². The number of anilines is 1. The molecule has 0 radical (unpaired) electrons. The van der Waals surface area contributed by atoms with Gasteiger partial charge >= 0.3 is 0 Å². The van der Waals surface area contributed by atoms with E-state index in [0.717, 1.165) is 17.2 Å². The Labute approximate surface area is 129 Å². The summed E-state index contributed by atoms with van der Waals surface area (Å²) in [6.45, 7) is 7.01. The fourth-order valence-corrected chi connectivity index (χ4v) is 5.08. The fraction of sp³-hybridized carbons (Fsp3) is 0.533. The number of hydrogen-bond donors (Lipinski definition) is 0. The van der Waals surface area contributed by atoms with Gasteiger partial charge in [-0.05, 0) is 38.8 Å². The average Bonchev–Trinajstić information content (AvgIpc) is 2.79. The molecule has 114 valence electrons. The van der Waals surface area contributed by atoms with E-state index in [9.17, 15) is 8.42 Å². The van der Waals surface area contributed by atoms with E-state index in [-0.39, 0.29) is 5.75 Å². The third-order valence-corrected chi connectivity index (χ3v) is 8.20. The Hall–Kier alpha value is -1.14. The number of hydrogen-bond acceptors (Lipinski definition) is 5. The molecule has 0 bridgehead atoms. The van der Waals surface area contributed by atoms with Gasteiger partial charge in [-0.15, -0.1) is 0 Å². The zero-order valence-corrected chi connectivity index (χ0v) is 14.2. The van der Waals surface area contributed by atoms with E-state index in [1.807, 2.05) is 26.0 Å². The monoisotopic (exact) mass is 324 g/mol. The highest BCUT2D eigenvalue weighted by Crippen LogP contribution is 2.33. The molecule has 1 aromatic carbocycles. The summed E-state index contributed by atoms with van der Waals surface area (Å²) in [5.41, 5.74) is 2.22. The molecule has 1 fully saturated rings. The van der Waals surface area contributed by atoms with E-state index in [1.165, 1.54) is 10.3 Å². The number of benzene rings is 1. The summed E-state index contributed by atoms with van der Waals surface area (Å²) in [5, 5.41) is 0.937. The van der Waals surface area contributed by atoms with E-state index in [1.54, 1.807) is 11.3 Å². The molecular formula is C15H20N2O2S2. The first-order valence-electron chi connectivity index (χ1n) is 7.14. The van der Waals surface area contributed by atoms with Gasteiger partial charge in [0.15, 0.2) is 15.0 Å². The number of fused-ring (bicyclic) bond motifs is 1. The Kier molecular flexibility index (Phi) is 3.48. The Morgan fingerprint density at radius 2 is 2.05 bits per heavy atom. The van der Waals surface area contributed by atoms with Crippen LogP contribution in [0.3, 0.4) is 0 Å². The van der Waals surface area contributed by atoms with Gasteiger partial charge in [0.25, 0.3) is 0 Å². The molecule has 0 saturated carbocycles. The van der Waals surface area contributed by atoms with Gasteiger partial charge in [-0.25, -0.2) is 13.4 Å². The van der Waals surface area contributed by atoms with Crippen molar-refractivity contribution >= 4 is 36.5 Å². The number of thiazole rings is 1. The van der Waals surface area contributed by atoms with Crippen LogP contribution in [0.5, 0.6) is 0 Å². The highest BCUT2D eigenvalue weighted by molar-refractivity contribution is 7.92. The topological polar surface area (TPSA) is 50.3 Å². The first kappa shape index (κ1) is 14.8. The zero-order chi connectivity index (χ0) is 15.3. The maximum atomic E-state index is 12.3. The van der Waals surface area contributed by atoms with Crippen molar-refractivity contribution in [3.8, 4) is 0 Å². The number of aromatic nitrogens is 1. The minimum Gasteiger partial charge on any atom is -0.347 e. The molecule has 0 aliphatic carbocycles. The summed E-state index contributed by atoms with van der Waals surface area (Å²) >= 11 is 1.66. The van der Waals surface area contributed by atoms with Crippen molar-refractivity contribution in [2.45, 2.75) is 31.9 Å². The van der Waals surface area contributed by atoms with Crippen LogP contribution in [0.25, 0.3) is 10.2 Å². The fourth-order valence-electron chi connectivity index (χ4n) is 2.58. The predicted octanol–water partition coefficient (Wildman–Crippen LogP) is 3.01. The Morgan fingerprint density at radius 1 is 1.29 bits per heavy atom. The lowest BCUT2D eigenvalue weighted by Gasteiger charge is -2.22. The van der Waals surface area contributed by atoms with Crippen LogP contribution in [0.1, 0.15) is 25.8 Å². The molecule has 0 atom stereocenters. The highest BCUT2D eigenvalue weighted by atomic mass is 32.2. The molecule has 0 unspecified atom stereocenters. The van der Waals surface area contributed by atoms with Crippen molar-refractivity contribution in [2.24, 2.45) is 0 Å². The van der Waals surface area contributed by atoms with Gasteiger partial charge in [0, 0.05) is 13.1 Å². The van der Waals surface area contributed by atoms with Crippen LogP contribution in [-0.2, 0) is 9.84 Å². The van der Waals surface area contributed by atoms with Crippen LogP contribution in [-0.4, -0.2) is 37.0 Å². The van der Waals surface area contributed by atoms with Gasteiger partial charge in [-0.3, -0.25) is 0 Å². The second-order valence-corrected chi connectivity index (χ2v) is 9.96. The maximum absolute atomic E-state index is 12.3. The molecule has 6 heteroatoms. The summed E-state index contributed by atoms with van der Waals surface area (Å²) in [6, 6.07) is 6.11. The average molecular weight is 324 g/mol. The summed E-state index contributed by atoms with van der Waals surface area (Å²) in [4.78, 5) is 6.81. The van der Waals surface area contributed by atoms with Gasteiger partial charge < -0.3 is 4.90 Å². The number of nitrogens with zero attached hydrogens (tertiary/aromatic N) is 2. The standard InChI is InChI=1S/C15H20N2O2S2/c1-11-5-4-6-12-13(11)20-14(16-12)17-8-7-15(2,3)21(18,19)10-9-17/h4-6H,7-10H2,1-3H3. The maximum Gasteiger partial charge on any atom is 0.186 e. The molecule has 2 heterocycles. The van der Waals surface area contributed by atoms with Crippen molar-refractivity contribution in [3.63, 3.8) is 0 Å². The summed E-state index contributed by atoms with van der Waals surface area (Å²) < 4.78 is 25.1. The van der Waals surface area contributed by atoms with Crippen LogP contribution < -0.4 is 4.90 Å². The van der Waals surface area contributed by atoms with Crippen molar-refractivity contribution < 1.29 is 8.42 Å². The number of sulfone groups is 1. The summed E-state index contributed by atoms with van der Waals surface area (Å²) in [6.07, 6.45) is 0.643. The quantitative estimate of drug-likeness (QED) is 0.809. The Bertz CT molecular complexity index is 778. The van der Waals surface area contributed by atoms with Crippen LogP contribution in [0.2, 0.25) is 0 Å². The molecule has 1 aromatic heterocycles. The molecular weight excluding hydrogens is 304 g/mol. The first-order chi connectivity index (χ1) is 9.80. The third kappa shape index (κ3) is 2.55. The molecule has 2 aromatic rings. The number of aryl methyl sites for hydroxylation is 1. The lowest BCUT2D eigenvalue weighted by atomic mass is 10.1. The largest absolute Gasteiger partial charge is 0.347 e. The second-order valence-electron chi connectivity index (χ2n) is 6.24. The Balaban J connectivity index is 1.95. The van der Waals surface area contributed by atoms with Gasteiger partial charge in [0.1, 0.15) is 0 Å². The van der Waals surface area contributed by atoms with Crippen LogP contribution >= 0.6 is 11.3 Å². The third-order valence-electron chi connectivity index (χ3n) is 4.33. The lowest BCUT2D eigenvalue weighted by Crippen LogP contribution is -2.33. The zero-order valence-electron chi connectivity index (χ0n) is 12.6. The normalized spacial score (nSPS) is 21.4. The SMILES string of the molecule is Cc1cccc2nc(N3CCC(C)(C)S(=O)(=O)CC3)sc12. The smallest absolute Gasteiger partial charge is 0.186 e. The molecule has 0 amide bonds. The highest BCUT2D eigenvalue weighted by Gasteiger charge is 2.37.